The summed E-state index contributed by atoms with van der Waals surface area (Å²) in [6.07, 6.45) is 2.50. The summed E-state index contributed by atoms with van der Waals surface area (Å²) in [5.41, 5.74) is 3.86. The van der Waals surface area contributed by atoms with Crippen molar-refractivity contribution in [3.05, 3.63) is 29.5 Å². The molecule has 1 N–H and O–H groups in total. The average molecular weight is 431 g/mol. The molecule has 110 valence electrons. The van der Waals surface area contributed by atoms with Crippen molar-refractivity contribution in [2.24, 2.45) is 0 Å². The Labute approximate surface area is 144 Å². The molecule has 0 saturated carbocycles. The number of rotatable bonds is 6. The number of carbonyl (C=O) groups is 1. The molecular formula is C14H14IN3OS2. The van der Waals surface area contributed by atoms with Gasteiger partial charge in [0.05, 0.1) is 17.3 Å². The fraction of sp³-hybridized carbons (Fsp3) is 0.286. The lowest BCUT2D eigenvalue weighted by Gasteiger charge is -2.08. The van der Waals surface area contributed by atoms with Crippen LogP contribution in [0, 0.1) is 18.3 Å². The van der Waals surface area contributed by atoms with E-state index in [-0.39, 0.29) is 18.6 Å². The van der Waals surface area contributed by atoms with Crippen LogP contribution >= 0.6 is 42.3 Å². The fourth-order valence-electron chi connectivity index (χ4n) is 2.13. The summed E-state index contributed by atoms with van der Waals surface area (Å²) in [5, 5.41) is 9.68. The first-order valence-electron chi connectivity index (χ1n) is 6.26. The standard InChI is InChI=1S/C14H14IN3OS2/c1-9-6-10-7-13(14(19)4-3-5-16)18(21-15)12(10)8-11(9)17-20-2/h6-8,17H,3-4H2,1-2H3. The highest BCUT2D eigenvalue weighted by molar-refractivity contribution is 14.2. The molecular weight excluding hydrogens is 417 g/mol. The third-order valence-electron chi connectivity index (χ3n) is 3.13. The van der Waals surface area contributed by atoms with Crippen molar-refractivity contribution in [1.82, 2.24) is 3.97 Å². The van der Waals surface area contributed by atoms with Gasteiger partial charge in [0.25, 0.3) is 0 Å². The summed E-state index contributed by atoms with van der Waals surface area (Å²) in [4.78, 5) is 12.2. The summed E-state index contributed by atoms with van der Waals surface area (Å²) < 4.78 is 5.19. The lowest BCUT2D eigenvalue weighted by Crippen LogP contribution is -2.03. The second-order valence-corrected chi connectivity index (χ2v) is 6.80. The highest BCUT2D eigenvalue weighted by atomic mass is 127. The molecule has 2 rings (SSSR count). The number of nitrogens with one attached hydrogen (secondary N) is 1. The lowest BCUT2D eigenvalue weighted by molar-refractivity contribution is 0.0979. The van der Waals surface area contributed by atoms with Gasteiger partial charge in [0.15, 0.2) is 5.78 Å². The minimum Gasteiger partial charge on any atom is -0.330 e. The van der Waals surface area contributed by atoms with Gasteiger partial charge in [-0.25, -0.2) is 0 Å². The van der Waals surface area contributed by atoms with Crippen LogP contribution in [-0.4, -0.2) is 16.0 Å². The molecule has 0 saturated heterocycles. The van der Waals surface area contributed by atoms with Crippen LogP contribution in [0.1, 0.15) is 28.9 Å². The molecule has 0 fully saturated rings. The number of Topliss-reactive ketones (excluding diaryl/α,β-unsaturated/α-hetero) is 1. The Kier molecular flexibility index (Phi) is 5.84. The summed E-state index contributed by atoms with van der Waals surface area (Å²) >= 11 is 3.72. The lowest BCUT2D eigenvalue weighted by atomic mass is 10.1. The molecule has 1 aromatic carbocycles. The molecule has 4 nitrogen and oxygen atoms in total. The Hall–Kier alpha value is -0.850. The zero-order valence-electron chi connectivity index (χ0n) is 11.6. The number of nitrogens with zero attached hydrogens (tertiary/aromatic N) is 2. The van der Waals surface area contributed by atoms with Crippen LogP contribution in [0.5, 0.6) is 0 Å². The minimum atomic E-state index is 0.00828. The van der Waals surface area contributed by atoms with E-state index in [1.807, 2.05) is 29.3 Å². The number of aromatic nitrogens is 1. The number of carbonyl (C=O) groups excluding carboxylic acids is 1. The molecule has 7 heteroatoms. The van der Waals surface area contributed by atoms with Gasteiger partial charge in [0.1, 0.15) is 0 Å². The van der Waals surface area contributed by atoms with E-state index >= 15 is 0 Å². The second-order valence-electron chi connectivity index (χ2n) is 4.51. The van der Waals surface area contributed by atoms with Crippen molar-refractivity contribution in [3.8, 4) is 6.07 Å². The Morgan fingerprint density at radius 3 is 2.86 bits per heavy atom. The summed E-state index contributed by atoms with van der Waals surface area (Å²) in [7, 11) is 1.47. The number of aryl methyl sites for hydroxylation is 1. The Morgan fingerprint density at radius 2 is 2.24 bits per heavy atom. The maximum atomic E-state index is 12.2. The molecule has 1 heterocycles. The van der Waals surface area contributed by atoms with Gasteiger partial charge in [-0.05, 0) is 30.7 Å². The maximum Gasteiger partial charge on any atom is 0.181 e. The Morgan fingerprint density at radius 1 is 1.48 bits per heavy atom. The number of nitriles is 1. The highest BCUT2D eigenvalue weighted by Gasteiger charge is 2.16. The van der Waals surface area contributed by atoms with Crippen molar-refractivity contribution in [2.45, 2.75) is 19.8 Å². The average Bonchev–Trinajstić information content (AvgIpc) is 2.82. The quantitative estimate of drug-likeness (QED) is 0.398. The van der Waals surface area contributed by atoms with E-state index < -0.39 is 0 Å². The monoisotopic (exact) mass is 431 g/mol. The Balaban J connectivity index is 2.53. The van der Waals surface area contributed by atoms with E-state index in [0.717, 1.165) is 22.2 Å². The van der Waals surface area contributed by atoms with E-state index in [1.54, 1.807) is 11.9 Å². The number of hydrogen-bond acceptors (Lipinski definition) is 5. The van der Waals surface area contributed by atoms with Crippen LogP contribution in [0.3, 0.4) is 0 Å². The molecule has 0 radical (unpaired) electrons. The molecule has 21 heavy (non-hydrogen) atoms. The predicted octanol–water partition coefficient (Wildman–Crippen LogP) is 4.97. The number of halogens is 1. The first-order chi connectivity index (χ1) is 10.1. The number of anilines is 1. The SMILES string of the molecule is CSNc1cc2c(cc1C)cc(C(=O)CCC#N)n2SI. The zero-order chi connectivity index (χ0) is 15.4. The molecule has 0 aliphatic rings. The maximum absolute atomic E-state index is 12.2. The third kappa shape index (κ3) is 3.49. The van der Waals surface area contributed by atoms with Gasteiger partial charge in [-0.2, -0.15) is 5.26 Å². The highest BCUT2D eigenvalue weighted by Crippen LogP contribution is 2.33. The zero-order valence-corrected chi connectivity index (χ0v) is 15.4. The fourth-order valence-corrected chi connectivity index (χ4v) is 4.31. The van der Waals surface area contributed by atoms with Crippen molar-refractivity contribution in [3.63, 3.8) is 0 Å². The van der Waals surface area contributed by atoms with Crippen molar-refractivity contribution in [2.75, 3.05) is 11.0 Å². The molecule has 2 aromatic rings. The van der Waals surface area contributed by atoms with Gasteiger partial charge in [-0.15, -0.1) is 0 Å². The molecule has 0 aliphatic carbocycles. The normalized spacial score (nSPS) is 10.6. The van der Waals surface area contributed by atoms with Gasteiger partial charge in [0.2, 0.25) is 0 Å². The number of fused-ring (bicyclic) bond motifs is 1. The van der Waals surface area contributed by atoms with Crippen molar-refractivity contribution < 1.29 is 4.79 Å². The van der Waals surface area contributed by atoms with Crippen LogP contribution in [-0.2, 0) is 0 Å². The van der Waals surface area contributed by atoms with E-state index in [1.165, 1.54) is 9.12 Å². The van der Waals surface area contributed by atoms with Gasteiger partial charge in [-0.1, -0.05) is 11.9 Å². The number of hydrogen-bond donors (Lipinski definition) is 1. The van der Waals surface area contributed by atoms with Crippen molar-refractivity contribution >= 4 is 64.6 Å². The number of benzene rings is 1. The second kappa shape index (κ2) is 7.42. The predicted molar refractivity (Wildman–Crippen MR) is 100.0 cm³/mol. The first-order valence-corrected chi connectivity index (χ1v) is 10.8. The molecule has 0 spiro atoms. The largest absolute Gasteiger partial charge is 0.330 e. The van der Waals surface area contributed by atoms with Gasteiger partial charge < -0.3 is 4.72 Å². The van der Waals surface area contributed by atoms with Gasteiger partial charge in [-0.3, -0.25) is 8.77 Å². The van der Waals surface area contributed by atoms with E-state index in [2.05, 4.69) is 38.1 Å². The van der Waals surface area contributed by atoms with E-state index in [4.69, 9.17) is 5.26 Å². The summed E-state index contributed by atoms with van der Waals surface area (Å²) in [6.45, 7) is 2.05. The minimum absolute atomic E-state index is 0.00828. The molecule has 0 amide bonds. The molecule has 0 unspecified atom stereocenters. The molecule has 0 atom stereocenters. The van der Waals surface area contributed by atoms with Gasteiger partial charge in [0, 0.05) is 60.5 Å². The van der Waals surface area contributed by atoms with Crippen LogP contribution in [0.15, 0.2) is 18.2 Å². The first kappa shape index (κ1) is 16.5. The smallest absolute Gasteiger partial charge is 0.181 e. The molecule has 0 bridgehead atoms. The van der Waals surface area contributed by atoms with Crippen LogP contribution in [0.25, 0.3) is 10.9 Å². The van der Waals surface area contributed by atoms with Crippen LogP contribution < -0.4 is 4.72 Å². The topological polar surface area (TPSA) is 57.8 Å². The Bertz CT molecular complexity index is 721. The third-order valence-corrected chi connectivity index (χ3v) is 5.27. The molecule has 0 aliphatic heterocycles. The van der Waals surface area contributed by atoms with Gasteiger partial charge >= 0.3 is 0 Å². The summed E-state index contributed by atoms with van der Waals surface area (Å²) in [6, 6.07) is 8.08. The van der Waals surface area contributed by atoms with E-state index in [9.17, 15) is 4.79 Å². The summed E-state index contributed by atoms with van der Waals surface area (Å²) in [5.74, 6) is 0.00828. The van der Waals surface area contributed by atoms with Crippen molar-refractivity contribution in [1.29, 1.82) is 5.26 Å². The number of ketones is 1. The van der Waals surface area contributed by atoms with Crippen LogP contribution in [0.4, 0.5) is 5.69 Å². The van der Waals surface area contributed by atoms with E-state index in [0.29, 0.717) is 5.69 Å². The van der Waals surface area contributed by atoms with Crippen LogP contribution in [0.2, 0.25) is 0 Å². The molecule has 1 aromatic heterocycles.